The van der Waals surface area contributed by atoms with Crippen LogP contribution in [0.4, 0.5) is 0 Å². The number of carbonyl (C=O) groups excluding carboxylic acids is 2. The SMILES string of the molecule is O=CC(=O)C1CSCN1. The van der Waals surface area contributed by atoms with Crippen LogP contribution in [0.25, 0.3) is 0 Å². The number of thioether (sulfide) groups is 1. The van der Waals surface area contributed by atoms with E-state index in [1.54, 1.807) is 11.8 Å². The Labute approximate surface area is 57.2 Å². The van der Waals surface area contributed by atoms with Gasteiger partial charge < -0.3 is 0 Å². The van der Waals surface area contributed by atoms with Crippen molar-refractivity contribution in [2.75, 3.05) is 11.6 Å². The summed E-state index contributed by atoms with van der Waals surface area (Å²) < 4.78 is 0. The third kappa shape index (κ3) is 1.53. The summed E-state index contributed by atoms with van der Waals surface area (Å²) >= 11 is 1.64. The summed E-state index contributed by atoms with van der Waals surface area (Å²) in [6.07, 6.45) is 0.379. The molecule has 0 bridgehead atoms. The average molecular weight is 145 g/mol. The van der Waals surface area contributed by atoms with Crippen LogP contribution in [0.15, 0.2) is 0 Å². The van der Waals surface area contributed by atoms with Crippen molar-refractivity contribution >= 4 is 23.8 Å². The maximum atomic E-state index is 10.6. The zero-order valence-corrected chi connectivity index (χ0v) is 5.61. The fraction of sp³-hybridized carbons (Fsp3) is 0.600. The van der Waals surface area contributed by atoms with Crippen LogP contribution in [-0.4, -0.2) is 29.7 Å². The largest absolute Gasteiger partial charge is 0.297 e. The van der Waals surface area contributed by atoms with Crippen molar-refractivity contribution in [3.05, 3.63) is 0 Å². The molecule has 1 atom stereocenters. The highest BCUT2D eigenvalue weighted by molar-refractivity contribution is 7.99. The lowest BCUT2D eigenvalue weighted by atomic mass is 10.2. The molecule has 4 heteroatoms. The Kier molecular flexibility index (Phi) is 2.24. The minimum Gasteiger partial charge on any atom is -0.297 e. The van der Waals surface area contributed by atoms with Crippen LogP contribution in [0.1, 0.15) is 0 Å². The summed E-state index contributed by atoms with van der Waals surface area (Å²) in [5, 5.41) is 2.89. The predicted octanol–water partition coefficient (Wildman–Crippen LogP) is -0.583. The van der Waals surface area contributed by atoms with E-state index in [2.05, 4.69) is 5.32 Å². The number of rotatable bonds is 2. The van der Waals surface area contributed by atoms with Gasteiger partial charge in [-0.05, 0) is 0 Å². The lowest BCUT2D eigenvalue weighted by Crippen LogP contribution is -2.33. The second kappa shape index (κ2) is 2.98. The van der Waals surface area contributed by atoms with Gasteiger partial charge >= 0.3 is 0 Å². The van der Waals surface area contributed by atoms with Crippen molar-refractivity contribution in [3.63, 3.8) is 0 Å². The molecule has 0 aromatic heterocycles. The number of carbonyl (C=O) groups is 2. The molecule has 1 N–H and O–H groups in total. The quantitative estimate of drug-likeness (QED) is 0.417. The van der Waals surface area contributed by atoms with Gasteiger partial charge in [-0.15, -0.1) is 11.8 Å². The Hall–Kier alpha value is -0.350. The molecule has 0 amide bonds. The van der Waals surface area contributed by atoms with Crippen molar-refractivity contribution in [3.8, 4) is 0 Å². The van der Waals surface area contributed by atoms with Gasteiger partial charge in [-0.25, -0.2) is 0 Å². The second-order valence-corrected chi connectivity index (χ2v) is 2.82. The number of hydrogen-bond donors (Lipinski definition) is 1. The van der Waals surface area contributed by atoms with Gasteiger partial charge in [0.15, 0.2) is 6.29 Å². The summed E-state index contributed by atoms with van der Waals surface area (Å²) in [4.78, 5) is 20.5. The fourth-order valence-corrected chi connectivity index (χ4v) is 1.61. The molecule has 9 heavy (non-hydrogen) atoms. The standard InChI is InChI=1S/C5H7NO2S/c7-1-5(8)4-2-9-3-6-4/h1,4,6H,2-3H2. The van der Waals surface area contributed by atoms with Crippen LogP contribution < -0.4 is 5.32 Å². The highest BCUT2D eigenvalue weighted by Crippen LogP contribution is 2.08. The molecule has 0 radical (unpaired) electrons. The van der Waals surface area contributed by atoms with Crippen molar-refractivity contribution in [2.24, 2.45) is 0 Å². The first-order valence-electron chi connectivity index (χ1n) is 2.65. The summed E-state index contributed by atoms with van der Waals surface area (Å²) in [6.45, 7) is 0. The molecule has 1 aliphatic heterocycles. The van der Waals surface area contributed by atoms with Crippen molar-refractivity contribution in [1.82, 2.24) is 5.32 Å². The number of nitrogens with one attached hydrogen (secondary N) is 1. The molecule has 1 aliphatic rings. The molecule has 1 saturated heterocycles. The van der Waals surface area contributed by atoms with E-state index < -0.39 is 0 Å². The molecular weight excluding hydrogens is 138 g/mol. The third-order valence-electron chi connectivity index (χ3n) is 1.18. The van der Waals surface area contributed by atoms with Gasteiger partial charge in [-0.2, -0.15) is 0 Å². The first-order valence-corrected chi connectivity index (χ1v) is 3.80. The summed E-state index contributed by atoms with van der Waals surface area (Å²) in [6, 6.07) is -0.215. The van der Waals surface area contributed by atoms with Gasteiger partial charge in [0, 0.05) is 11.6 Å². The lowest BCUT2D eigenvalue weighted by Gasteiger charge is -1.99. The Balaban J connectivity index is 2.41. The van der Waals surface area contributed by atoms with Crippen molar-refractivity contribution in [1.29, 1.82) is 0 Å². The zero-order chi connectivity index (χ0) is 6.69. The van der Waals surface area contributed by atoms with Crippen molar-refractivity contribution < 1.29 is 9.59 Å². The molecule has 1 heterocycles. The van der Waals surface area contributed by atoms with Gasteiger partial charge in [0.25, 0.3) is 0 Å². The fourth-order valence-electron chi connectivity index (χ4n) is 0.660. The maximum absolute atomic E-state index is 10.6. The average Bonchev–Trinajstić information content (AvgIpc) is 2.37. The minimum absolute atomic E-state index is 0.215. The van der Waals surface area contributed by atoms with E-state index in [4.69, 9.17) is 0 Å². The van der Waals surface area contributed by atoms with Crippen LogP contribution in [0.3, 0.4) is 0 Å². The van der Waals surface area contributed by atoms with Crippen LogP contribution in [0.2, 0.25) is 0 Å². The highest BCUT2D eigenvalue weighted by Gasteiger charge is 2.20. The molecule has 1 fully saturated rings. The van der Waals surface area contributed by atoms with E-state index in [1.807, 2.05) is 0 Å². The van der Waals surface area contributed by atoms with Gasteiger partial charge in [-0.1, -0.05) is 0 Å². The van der Waals surface area contributed by atoms with Gasteiger partial charge in [0.05, 0.1) is 6.04 Å². The highest BCUT2D eigenvalue weighted by atomic mass is 32.2. The molecule has 0 aromatic carbocycles. The van der Waals surface area contributed by atoms with Gasteiger partial charge in [-0.3, -0.25) is 14.9 Å². The summed E-state index contributed by atoms with van der Waals surface area (Å²) in [7, 11) is 0. The topological polar surface area (TPSA) is 46.2 Å². The zero-order valence-electron chi connectivity index (χ0n) is 4.79. The first kappa shape index (κ1) is 6.77. The van der Waals surface area contributed by atoms with E-state index in [9.17, 15) is 9.59 Å². The van der Waals surface area contributed by atoms with Crippen LogP contribution in [0, 0.1) is 0 Å². The Bertz CT molecular complexity index is 131. The monoisotopic (exact) mass is 145 g/mol. The van der Waals surface area contributed by atoms with Gasteiger partial charge in [0.1, 0.15) is 0 Å². The molecular formula is C5H7NO2S. The van der Waals surface area contributed by atoms with Gasteiger partial charge in [0.2, 0.25) is 5.78 Å². The predicted molar refractivity (Wildman–Crippen MR) is 35.3 cm³/mol. The molecule has 1 rings (SSSR count). The molecule has 0 spiro atoms. The van der Waals surface area contributed by atoms with E-state index in [-0.39, 0.29) is 11.8 Å². The first-order chi connectivity index (χ1) is 4.34. The maximum Gasteiger partial charge on any atom is 0.212 e. The molecule has 1 unspecified atom stereocenters. The van der Waals surface area contributed by atoms with Crippen LogP contribution in [-0.2, 0) is 9.59 Å². The Morgan fingerprint density at radius 1 is 1.78 bits per heavy atom. The van der Waals surface area contributed by atoms with E-state index in [0.717, 1.165) is 11.6 Å². The number of ketones is 1. The van der Waals surface area contributed by atoms with Crippen LogP contribution >= 0.6 is 11.8 Å². The summed E-state index contributed by atoms with van der Waals surface area (Å²) in [5.74, 6) is 1.18. The normalized spacial score (nSPS) is 26.0. The molecule has 3 nitrogen and oxygen atoms in total. The minimum atomic E-state index is -0.333. The summed E-state index contributed by atoms with van der Waals surface area (Å²) in [5.41, 5.74) is 0. The van der Waals surface area contributed by atoms with E-state index in [1.165, 1.54) is 0 Å². The number of hydrogen-bond acceptors (Lipinski definition) is 4. The van der Waals surface area contributed by atoms with Crippen LogP contribution in [0.5, 0.6) is 0 Å². The molecule has 0 aliphatic carbocycles. The molecule has 50 valence electrons. The van der Waals surface area contributed by atoms with E-state index in [0.29, 0.717) is 6.29 Å². The smallest absolute Gasteiger partial charge is 0.212 e. The molecule has 0 aromatic rings. The lowest BCUT2D eigenvalue weighted by molar-refractivity contribution is -0.130. The van der Waals surface area contributed by atoms with Crippen molar-refractivity contribution in [2.45, 2.75) is 6.04 Å². The molecule has 0 saturated carbocycles. The Morgan fingerprint density at radius 2 is 2.56 bits per heavy atom. The van der Waals surface area contributed by atoms with E-state index >= 15 is 0 Å². The third-order valence-corrected chi connectivity index (χ3v) is 2.12. The number of Topliss-reactive ketones (excluding diaryl/α,β-unsaturated/α-hetero) is 1. The Morgan fingerprint density at radius 3 is 3.00 bits per heavy atom. The number of aldehydes is 1. The second-order valence-electron chi connectivity index (χ2n) is 1.79.